The van der Waals surface area contributed by atoms with Gasteiger partial charge in [-0.1, -0.05) is 43.0 Å². The van der Waals surface area contributed by atoms with E-state index in [2.05, 4.69) is 17.4 Å². The van der Waals surface area contributed by atoms with Gasteiger partial charge in [-0.25, -0.2) is 0 Å². The molecule has 0 amide bonds. The zero-order valence-corrected chi connectivity index (χ0v) is 10.9. The Labute approximate surface area is 109 Å². The first kappa shape index (κ1) is 12.9. The summed E-state index contributed by atoms with van der Waals surface area (Å²) in [6.45, 7) is 1.70. The second-order valence-electron chi connectivity index (χ2n) is 4.88. The Hall–Kier alpha value is -0.570. The van der Waals surface area contributed by atoms with Crippen LogP contribution in [-0.4, -0.2) is 13.1 Å². The average Bonchev–Trinajstić information content (AvgIpc) is 2.29. The zero-order chi connectivity index (χ0) is 12.1. The van der Waals surface area contributed by atoms with E-state index in [1.165, 1.54) is 31.2 Å². The van der Waals surface area contributed by atoms with E-state index in [0.717, 1.165) is 17.5 Å². The highest BCUT2D eigenvalue weighted by atomic mass is 35.5. The molecule has 0 heterocycles. The number of halogens is 1. The number of nitrogens with two attached hydrogens (primary N) is 1. The quantitative estimate of drug-likeness (QED) is 0.817. The van der Waals surface area contributed by atoms with Crippen LogP contribution in [0.2, 0.25) is 5.02 Å². The van der Waals surface area contributed by atoms with Gasteiger partial charge in [-0.3, -0.25) is 0 Å². The van der Waals surface area contributed by atoms with Gasteiger partial charge in [0.25, 0.3) is 0 Å². The molecule has 1 unspecified atom stereocenters. The van der Waals surface area contributed by atoms with E-state index in [1.54, 1.807) is 0 Å². The normalized spacial score (nSPS) is 17.8. The van der Waals surface area contributed by atoms with Crippen molar-refractivity contribution in [3.8, 4) is 0 Å². The summed E-state index contributed by atoms with van der Waals surface area (Å²) >= 11 is 5.88. The Morgan fingerprint density at radius 2 is 2.00 bits per heavy atom. The molecule has 1 aliphatic carbocycles. The third kappa shape index (κ3) is 3.70. The molecule has 2 nitrogen and oxygen atoms in total. The minimum atomic E-state index is 0.257. The molecule has 1 aromatic carbocycles. The van der Waals surface area contributed by atoms with Gasteiger partial charge in [0, 0.05) is 17.6 Å². The lowest BCUT2D eigenvalue weighted by atomic mass is 9.83. The molecule has 94 valence electrons. The molecule has 1 fully saturated rings. The average molecular weight is 253 g/mol. The molecule has 1 atom stereocenters. The molecule has 0 radical (unpaired) electrons. The highest BCUT2D eigenvalue weighted by Crippen LogP contribution is 2.29. The Morgan fingerprint density at radius 1 is 1.29 bits per heavy atom. The van der Waals surface area contributed by atoms with Gasteiger partial charge in [-0.05, 0) is 36.6 Å². The van der Waals surface area contributed by atoms with Gasteiger partial charge in [0.05, 0.1) is 0 Å². The van der Waals surface area contributed by atoms with Crippen molar-refractivity contribution in [3.05, 3.63) is 34.9 Å². The van der Waals surface area contributed by atoms with Crippen LogP contribution in [-0.2, 0) is 0 Å². The lowest BCUT2D eigenvalue weighted by molar-refractivity contribution is 0.288. The summed E-state index contributed by atoms with van der Waals surface area (Å²) in [7, 11) is 0. The van der Waals surface area contributed by atoms with Crippen molar-refractivity contribution in [3.63, 3.8) is 0 Å². The number of rotatable bonds is 6. The number of hydrogen-bond donors (Lipinski definition) is 2. The van der Waals surface area contributed by atoms with Gasteiger partial charge in [-0.15, -0.1) is 0 Å². The van der Waals surface area contributed by atoms with Gasteiger partial charge >= 0.3 is 0 Å². The van der Waals surface area contributed by atoms with Crippen LogP contribution in [0.15, 0.2) is 24.3 Å². The van der Waals surface area contributed by atoms with Crippen molar-refractivity contribution in [2.24, 2.45) is 11.7 Å². The fraction of sp³-hybridized carbons (Fsp3) is 0.571. The van der Waals surface area contributed by atoms with Crippen molar-refractivity contribution in [1.82, 2.24) is 5.32 Å². The summed E-state index contributed by atoms with van der Waals surface area (Å²) < 4.78 is 0. The molecule has 1 aromatic rings. The first-order valence-electron chi connectivity index (χ1n) is 6.48. The largest absolute Gasteiger partial charge is 0.329 e. The van der Waals surface area contributed by atoms with E-state index in [0.29, 0.717) is 6.54 Å². The fourth-order valence-electron chi connectivity index (χ4n) is 2.28. The summed E-state index contributed by atoms with van der Waals surface area (Å²) in [5.74, 6) is 0.950. The molecular formula is C14H21ClN2. The van der Waals surface area contributed by atoms with Crippen molar-refractivity contribution >= 4 is 11.6 Å². The van der Waals surface area contributed by atoms with Crippen LogP contribution < -0.4 is 11.1 Å². The lowest BCUT2D eigenvalue weighted by Crippen LogP contribution is -2.30. The molecule has 0 bridgehead atoms. The molecule has 1 aliphatic rings. The van der Waals surface area contributed by atoms with Crippen molar-refractivity contribution < 1.29 is 0 Å². The highest BCUT2D eigenvalue weighted by molar-refractivity contribution is 6.30. The standard InChI is InChI=1S/C14H21ClN2/c15-13-6-4-12(5-7-13)14(10-16)17-9-8-11-2-1-3-11/h4-7,11,14,17H,1-3,8-10,16H2. The van der Waals surface area contributed by atoms with Crippen LogP contribution in [0.25, 0.3) is 0 Å². The van der Waals surface area contributed by atoms with Crippen LogP contribution in [0, 0.1) is 5.92 Å². The number of benzene rings is 1. The molecule has 0 spiro atoms. The first-order chi connectivity index (χ1) is 8.29. The summed E-state index contributed by atoms with van der Waals surface area (Å²) in [6.07, 6.45) is 5.53. The SMILES string of the molecule is NCC(NCCC1CCC1)c1ccc(Cl)cc1. The second kappa shape index (κ2) is 6.39. The molecule has 2 rings (SSSR count). The topological polar surface area (TPSA) is 38.0 Å². The van der Waals surface area contributed by atoms with Gasteiger partial charge in [0.1, 0.15) is 0 Å². The molecule has 17 heavy (non-hydrogen) atoms. The maximum Gasteiger partial charge on any atom is 0.0444 e. The Balaban J connectivity index is 1.80. The van der Waals surface area contributed by atoms with Crippen LogP contribution in [0.1, 0.15) is 37.3 Å². The Bertz CT molecular complexity index is 333. The maximum atomic E-state index is 5.88. The van der Waals surface area contributed by atoms with E-state index in [9.17, 15) is 0 Å². The van der Waals surface area contributed by atoms with Gasteiger partial charge in [0.15, 0.2) is 0 Å². The van der Waals surface area contributed by atoms with Gasteiger partial charge in [-0.2, -0.15) is 0 Å². The predicted octanol–water partition coefficient (Wildman–Crippen LogP) is 3.12. The monoisotopic (exact) mass is 252 g/mol. The van der Waals surface area contributed by atoms with Crippen LogP contribution in [0.4, 0.5) is 0 Å². The third-order valence-corrected chi connectivity index (χ3v) is 3.93. The van der Waals surface area contributed by atoms with E-state index in [4.69, 9.17) is 17.3 Å². The molecule has 0 saturated heterocycles. The molecule has 3 heteroatoms. The van der Waals surface area contributed by atoms with E-state index < -0.39 is 0 Å². The smallest absolute Gasteiger partial charge is 0.0444 e. The van der Waals surface area contributed by atoms with Crippen molar-refractivity contribution in [2.45, 2.75) is 31.7 Å². The number of hydrogen-bond acceptors (Lipinski definition) is 2. The minimum absolute atomic E-state index is 0.257. The van der Waals surface area contributed by atoms with Crippen LogP contribution in [0.5, 0.6) is 0 Å². The van der Waals surface area contributed by atoms with Crippen LogP contribution >= 0.6 is 11.6 Å². The Morgan fingerprint density at radius 3 is 2.53 bits per heavy atom. The fourth-order valence-corrected chi connectivity index (χ4v) is 2.40. The van der Waals surface area contributed by atoms with E-state index in [1.807, 2.05) is 12.1 Å². The molecular weight excluding hydrogens is 232 g/mol. The van der Waals surface area contributed by atoms with Crippen molar-refractivity contribution in [2.75, 3.05) is 13.1 Å². The second-order valence-corrected chi connectivity index (χ2v) is 5.32. The zero-order valence-electron chi connectivity index (χ0n) is 10.2. The van der Waals surface area contributed by atoms with E-state index in [-0.39, 0.29) is 6.04 Å². The molecule has 0 aromatic heterocycles. The van der Waals surface area contributed by atoms with E-state index >= 15 is 0 Å². The molecule has 0 aliphatic heterocycles. The summed E-state index contributed by atoms with van der Waals surface area (Å²) in [5.41, 5.74) is 7.04. The first-order valence-corrected chi connectivity index (χ1v) is 6.86. The minimum Gasteiger partial charge on any atom is -0.329 e. The summed E-state index contributed by atoms with van der Waals surface area (Å²) in [6, 6.07) is 8.21. The van der Waals surface area contributed by atoms with Crippen molar-refractivity contribution in [1.29, 1.82) is 0 Å². The maximum absolute atomic E-state index is 5.88. The summed E-state index contributed by atoms with van der Waals surface area (Å²) in [5, 5.41) is 4.31. The van der Waals surface area contributed by atoms with Gasteiger partial charge < -0.3 is 11.1 Å². The van der Waals surface area contributed by atoms with Gasteiger partial charge in [0.2, 0.25) is 0 Å². The lowest BCUT2D eigenvalue weighted by Gasteiger charge is -2.26. The third-order valence-electron chi connectivity index (χ3n) is 3.68. The molecule has 1 saturated carbocycles. The predicted molar refractivity (Wildman–Crippen MR) is 73.2 cm³/mol. The Kier molecular flexibility index (Phi) is 4.84. The van der Waals surface area contributed by atoms with Crippen LogP contribution in [0.3, 0.4) is 0 Å². The summed E-state index contributed by atoms with van der Waals surface area (Å²) in [4.78, 5) is 0. The highest BCUT2D eigenvalue weighted by Gasteiger charge is 2.17. The molecule has 3 N–H and O–H groups in total. The number of nitrogens with one attached hydrogen (secondary N) is 1.